The van der Waals surface area contributed by atoms with Gasteiger partial charge in [0.1, 0.15) is 11.0 Å². The first-order valence-electron chi connectivity index (χ1n) is 9.99. The van der Waals surface area contributed by atoms with Gasteiger partial charge in [0.05, 0.1) is 5.69 Å². The van der Waals surface area contributed by atoms with Gasteiger partial charge in [-0.25, -0.2) is 9.67 Å². The summed E-state index contributed by atoms with van der Waals surface area (Å²) in [5.41, 5.74) is -1.18. The molecule has 1 aliphatic carbocycles. The van der Waals surface area contributed by atoms with Crippen LogP contribution in [0, 0.1) is 6.92 Å². The second kappa shape index (κ2) is 8.15. The third-order valence-corrected chi connectivity index (χ3v) is 6.36. The molecule has 0 saturated heterocycles. The van der Waals surface area contributed by atoms with Crippen LogP contribution < -0.4 is 5.32 Å². The zero-order chi connectivity index (χ0) is 24.1. The van der Waals surface area contributed by atoms with Crippen molar-refractivity contribution >= 4 is 22.4 Å². The zero-order valence-corrected chi connectivity index (χ0v) is 18.2. The van der Waals surface area contributed by atoms with Gasteiger partial charge in [-0.05, 0) is 38.7 Å². The maximum Gasteiger partial charge on any atom is 0.435 e. The minimum Gasteiger partial charge on any atom is -0.300 e. The van der Waals surface area contributed by atoms with E-state index < -0.39 is 35.7 Å². The number of alkyl halides is 6. The molecule has 0 radical (unpaired) electrons. The van der Waals surface area contributed by atoms with Crippen LogP contribution in [0.4, 0.5) is 31.5 Å². The highest BCUT2D eigenvalue weighted by Gasteiger charge is 2.41. The largest absolute Gasteiger partial charge is 0.435 e. The lowest BCUT2D eigenvalue weighted by Gasteiger charge is -2.17. The molecule has 14 heteroatoms. The van der Waals surface area contributed by atoms with Crippen LogP contribution in [0.1, 0.15) is 54.1 Å². The van der Waals surface area contributed by atoms with Crippen LogP contribution in [-0.4, -0.2) is 30.5 Å². The molecule has 4 rings (SSSR count). The van der Waals surface area contributed by atoms with Crippen molar-refractivity contribution in [1.82, 2.24) is 24.5 Å². The molecule has 1 atom stereocenters. The van der Waals surface area contributed by atoms with Gasteiger partial charge in [0.15, 0.2) is 16.5 Å². The Morgan fingerprint density at radius 2 is 1.91 bits per heavy atom. The molecule has 1 aliphatic rings. The van der Waals surface area contributed by atoms with Crippen LogP contribution in [0.25, 0.3) is 5.00 Å². The van der Waals surface area contributed by atoms with Crippen molar-refractivity contribution in [3.8, 4) is 5.00 Å². The van der Waals surface area contributed by atoms with Crippen LogP contribution >= 0.6 is 11.3 Å². The Kier molecular flexibility index (Phi) is 5.75. The molecule has 0 unspecified atom stereocenters. The zero-order valence-electron chi connectivity index (χ0n) is 17.4. The van der Waals surface area contributed by atoms with Crippen LogP contribution in [0.15, 0.2) is 12.3 Å². The summed E-state index contributed by atoms with van der Waals surface area (Å²) in [6.07, 6.45) is -6.71. The average molecular weight is 492 g/mol. The molecule has 178 valence electrons. The topological polar surface area (TPSA) is 77.6 Å². The third-order valence-electron chi connectivity index (χ3n) is 5.30. The van der Waals surface area contributed by atoms with Gasteiger partial charge in [-0.15, -0.1) is 0 Å². The number of fused-ring (bicyclic) bond motifs is 1. The van der Waals surface area contributed by atoms with Gasteiger partial charge in [0.25, 0.3) is 5.91 Å². The van der Waals surface area contributed by atoms with Gasteiger partial charge in [-0.1, -0.05) is 18.3 Å². The first kappa shape index (κ1) is 23.3. The number of anilines is 1. The smallest absolute Gasteiger partial charge is 0.300 e. The van der Waals surface area contributed by atoms with Crippen LogP contribution in [0.3, 0.4) is 0 Å². The van der Waals surface area contributed by atoms with Gasteiger partial charge >= 0.3 is 12.4 Å². The van der Waals surface area contributed by atoms with Crippen molar-refractivity contribution in [2.24, 2.45) is 0 Å². The molecule has 0 aromatic carbocycles. The lowest BCUT2D eigenvalue weighted by Crippen LogP contribution is -2.27. The van der Waals surface area contributed by atoms with Crippen LogP contribution in [-0.2, 0) is 30.0 Å². The normalized spacial score (nSPS) is 15.0. The SMILES string of the molecule is CC[C@@H](C(=O)Nc1nc(C)c(-n2ccc(C(F)(F)F)n2)s1)n1nc(C(F)(F)F)c2c1CCC2. The van der Waals surface area contributed by atoms with Gasteiger partial charge in [-0.3, -0.25) is 9.48 Å². The minimum absolute atomic E-state index is 0.0925. The number of thiazole rings is 1. The Morgan fingerprint density at radius 3 is 2.52 bits per heavy atom. The van der Waals surface area contributed by atoms with Crippen LogP contribution in [0.5, 0.6) is 0 Å². The Labute approximate surface area is 187 Å². The highest BCUT2D eigenvalue weighted by molar-refractivity contribution is 7.18. The van der Waals surface area contributed by atoms with Crippen molar-refractivity contribution in [3.05, 3.63) is 40.6 Å². The predicted octanol–water partition coefficient (Wildman–Crippen LogP) is 4.95. The summed E-state index contributed by atoms with van der Waals surface area (Å²) in [7, 11) is 0. The third kappa shape index (κ3) is 4.35. The molecule has 0 fully saturated rings. The van der Waals surface area contributed by atoms with Gasteiger partial charge in [0, 0.05) is 17.5 Å². The second-order valence-electron chi connectivity index (χ2n) is 7.54. The molecule has 3 heterocycles. The number of carbonyl (C=O) groups excluding carboxylic acids is 1. The number of nitrogens with one attached hydrogen (secondary N) is 1. The molecule has 1 N–H and O–H groups in total. The number of hydrogen-bond acceptors (Lipinski definition) is 5. The summed E-state index contributed by atoms with van der Waals surface area (Å²) in [6.45, 7) is 3.20. The first-order valence-corrected chi connectivity index (χ1v) is 10.8. The molecule has 0 saturated carbocycles. The fraction of sp³-hybridized carbons (Fsp3) is 0.474. The molecular weight excluding hydrogens is 474 g/mol. The van der Waals surface area contributed by atoms with E-state index in [1.807, 2.05) is 0 Å². The molecule has 7 nitrogen and oxygen atoms in total. The van der Waals surface area contributed by atoms with E-state index in [1.165, 1.54) is 0 Å². The Morgan fingerprint density at radius 1 is 1.18 bits per heavy atom. The number of rotatable bonds is 5. The van der Waals surface area contributed by atoms with Gasteiger partial charge < -0.3 is 5.32 Å². The summed E-state index contributed by atoms with van der Waals surface area (Å²) in [5.74, 6) is -0.611. The molecule has 0 bridgehead atoms. The lowest BCUT2D eigenvalue weighted by atomic mass is 10.2. The monoisotopic (exact) mass is 492 g/mol. The highest BCUT2D eigenvalue weighted by Crippen LogP contribution is 2.38. The van der Waals surface area contributed by atoms with E-state index in [-0.39, 0.29) is 28.5 Å². The van der Waals surface area contributed by atoms with Crippen LogP contribution in [0.2, 0.25) is 0 Å². The summed E-state index contributed by atoms with van der Waals surface area (Å²) in [6, 6.07) is -0.178. The first-order chi connectivity index (χ1) is 15.4. The molecule has 33 heavy (non-hydrogen) atoms. The lowest BCUT2D eigenvalue weighted by molar-refractivity contribution is -0.142. The number of aromatic nitrogens is 5. The molecule has 3 aromatic rings. The van der Waals surface area contributed by atoms with E-state index in [9.17, 15) is 31.1 Å². The number of amides is 1. The number of halogens is 6. The minimum atomic E-state index is -4.62. The summed E-state index contributed by atoms with van der Waals surface area (Å²) < 4.78 is 80.8. The summed E-state index contributed by atoms with van der Waals surface area (Å²) >= 11 is 0.903. The van der Waals surface area contributed by atoms with E-state index in [0.717, 1.165) is 33.0 Å². The van der Waals surface area contributed by atoms with Crippen molar-refractivity contribution in [2.45, 2.75) is 57.9 Å². The Balaban J connectivity index is 1.59. The standard InChI is InChI=1S/C19H18F6N6OS/c1-3-11(31-12-6-4-5-10(12)14(29-31)19(23,24)25)15(32)27-17-26-9(2)16(33-17)30-8-7-13(28-30)18(20,21)22/h7-8,11H,3-6H2,1-2H3,(H,26,27,32)/t11-/m0/s1. The molecule has 0 aliphatic heterocycles. The molecule has 3 aromatic heterocycles. The molecular formula is C19H18F6N6OS. The maximum atomic E-state index is 13.4. The van der Waals surface area contributed by atoms with E-state index in [4.69, 9.17) is 0 Å². The fourth-order valence-corrected chi connectivity index (χ4v) is 4.76. The van der Waals surface area contributed by atoms with E-state index in [1.54, 1.807) is 13.8 Å². The number of nitrogens with zero attached hydrogens (tertiary/aromatic N) is 5. The average Bonchev–Trinajstić information content (AvgIpc) is 3.45. The van der Waals surface area contributed by atoms with Crippen molar-refractivity contribution < 1.29 is 31.1 Å². The molecule has 0 spiro atoms. The van der Waals surface area contributed by atoms with Gasteiger partial charge in [-0.2, -0.15) is 36.5 Å². The highest BCUT2D eigenvalue weighted by atomic mass is 32.1. The molecule has 1 amide bonds. The number of aryl methyl sites for hydroxylation is 1. The predicted molar refractivity (Wildman–Crippen MR) is 106 cm³/mol. The van der Waals surface area contributed by atoms with E-state index in [0.29, 0.717) is 24.2 Å². The van der Waals surface area contributed by atoms with Crippen molar-refractivity contribution in [1.29, 1.82) is 0 Å². The van der Waals surface area contributed by atoms with Crippen molar-refractivity contribution in [2.75, 3.05) is 5.32 Å². The van der Waals surface area contributed by atoms with Gasteiger partial charge in [0.2, 0.25) is 0 Å². The summed E-state index contributed by atoms with van der Waals surface area (Å²) in [4.78, 5) is 17.1. The maximum absolute atomic E-state index is 13.4. The van der Waals surface area contributed by atoms with Crippen molar-refractivity contribution in [3.63, 3.8) is 0 Å². The van der Waals surface area contributed by atoms with E-state index >= 15 is 0 Å². The second-order valence-corrected chi connectivity index (χ2v) is 8.51. The number of hydrogen-bond donors (Lipinski definition) is 1. The Hall–Kier alpha value is -2.90. The number of carbonyl (C=O) groups is 1. The fourth-order valence-electron chi connectivity index (χ4n) is 3.85. The Bertz CT molecular complexity index is 1190. The summed E-state index contributed by atoms with van der Waals surface area (Å²) in [5, 5.41) is 10.1. The quantitative estimate of drug-likeness (QED) is 0.512. The van der Waals surface area contributed by atoms with E-state index in [2.05, 4.69) is 20.5 Å².